The number of ether oxygens (including phenoxy) is 2. The summed E-state index contributed by atoms with van der Waals surface area (Å²) in [6, 6.07) is 14.7. The lowest BCUT2D eigenvalue weighted by Crippen LogP contribution is -2.65. The lowest BCUT2D eigenvalue weighted by molar-refractivity contribution is -0.284. The number of benzene rings is 2. The van der Waals surface area contributed by atoms with E-state index >= 15 is 0 Å². The van der Waals surface area contributed by atoms with E-state index in [4.69, 9.17) is 15.2 Å². The molecule has 0 unspecified atom stereocenters. The average Bonchev–Trinajstić information content (AvgIpc) is 2.78. The van der Waals surface area contributed by atoms with Gasteiger partial charge in [-0.25, -0.2) is 4.79 Å². The second kappa shape index (κ2) is 7.72. The minimum atomic E-state index is -1.36. The van der Waals surface area contributed by atoms with Crippen molar-refractivity contribution in [3.8, 4) is 11.1 Å². The van der Waals surface area contributed by atoms with Crippen LogP contribution in [0.5, 0.6) is 0 Å². The number of aliphatic hydroxyl groups is 2. The second-order valence-electron chi connectivity index (χ2n) is 8.23. The number of fused-ring (bicyclic) bond motifs is 1. The molecule has 9 heteroatoms. The Morgan fingerprint density at radius 2 is 1.88 bits per heavy atom. The van der Waals surface area contributed by atoms with Crippen LogP contribution in [0.4, 0.5) is 5.69 Å². The summed E-state index contributed by atoms with van der Waals surface area (Å²) in [4.78, 5) is 25.8. The summed E-state index contributed by atoms with van der Waals surface area (Å²) in [7, 11) is 0. The molecule has 0 aliphatic carbocycles. The molecule has 2 aliphatic rings. The molecule has 0 amide bonds. The van der Waals surface area contributed by atoms with Gasteiger partial charge < -0.3 is 25.4 Å². The molecule has 5 N–H and O–H groups in total. The third-order valence-electron chi connectivity index (χ3n) is 6.27. The van der Waals surface area contributed by atoms with Crippen LogP contribution in [0.1, 0.15) is 17.4 Å². The second-order valence-corrected chi connectivity index (χ2v) is 8.23. The fourth-order valence-electron chi connectivity index (χ4n) is 4.52. The van der Waals surface area contributed by atoms with Gasteiger partial charge in [0.15, 0.2) is 6.23 Å². The van der Waals surface area contributed by atoms with Crippen molar-refractivity contribution in [3.05, 3.63) is 86.7 Å². The van der Waals surface area contributed by atoms with E-state index in [1.165, 1.54) is 12.3 Å². The van der Waals surface area contributed by atoms with E-state index < -0.39 is 35.3 Å². The van der Waals surface area contributed by atoms with Crippen molar-refractivity contribution >= 4 is 5.69 Å². The van der Waals surface area contributed by atoms with E-state index in [1.54, 1.807) is 0 Å². The first kappa shape index (κ1) is 20.7. The van der Waals surface area contributed by atoms with Crippen molar-refractivity contribution in [1.29, 1.82) is 0 Å². The lowest BCUT2D eigenvalue weighted by Gasteiger charge is -2.50. The van der Waals surface area contributed by atoms with Gasteiger partial charge >= 0.3 is 5.69 Å². The predicted octanol–water partition coefficient (Wildman–Crippen LogP) is 0.548. The summed E-state index contributed by atoms with van der Waals surface area (Å²) < 4.78 is 12.8. The fourth-order valence-corrected chi connectivity index (χ4v) is 4.52. The number of aromatic amines is 1. The van der Waals surface area contributed by atoms with Crippen LogP contribution in [0, 0.1) is 0 Å². The summed E-state index contributed by atoms with van der Waals surface area (Å²) in [5, 5.41) is 21.9. The highest BCUT2D eigenvalue weighted by molar-refractivity contribution is 5.68. The molecular weight excluding hydrogens is 414 g/mol. The number of rotatable bonds is 2. The molecule has 0 bridgehead atoms. The van der Waals surface area contributed by atoms with Gasteiger partial charge in [-0.1, -0.05) is 24.3 Å². The van der Waals surface area contributed by atoms with E-state index in [1.807, 2.05) is 42.5 Å². The van der Waals surface area contributed by atoms with Crippen LogP contribution in [-0.2, 0) is 22.5 Å². The third kappa shape index (κ3) is 3.35. The van der Waals surface area contributed by atoms with Crippen molar-refractivity contribution in [1.82, 2.24) is 9.55 Å². The van der Waals surface area contributed by atoms with E-state index in [0.29, 0.717) is 5.69 Å². The quantitative estimate of drug-likeness (QED) is 0.429. The van der Waals surface area contributed by atoms with Crippen LogP contribution >= 0.6 is 0 Å². The average molecular weight is 437 g/mol. The highest BCUT2D eigenvalue weighted by atomic mass is 16.6. The maximum Gasteiger partial charge on any atom is 0.330 e. The number of aromatic nitrogens is 2. The van der Waals surface area contributed by atoms with Crippen molar-refractivity contribution in [2.24, 2.45) is 0 Å². The summed E-state index contributed by atoms with van der Waals surface area (Å²) >= 11 is 0. The number of nitrogens with two attached hydrogens (primary N) is 1. The minimum absolute atomic E-state index is 0.135. The zero-order valence-corrected chi connectivity index (χ0v) is 17.1. The Morgan fingerprint density at radius 1 is 1.06 bits per heavy atom. The molecule has 9 nitrogen and oxygen atoms in total. The van der Waals surface area contributed by atoms with Gasteiger partial charge in [-0.2, -0.15) is 0 Å². The van der Waals surface area contributed by atoms with Crippen LogP contribution in [-0.4, -0.2) is 44.2 Å². The van der Waals surface area contributed by atoms with E-state index in [9.17, 15) is 19.8 Å². The number of anilines is 1. The molecule has 2 aromatic carbocycles. The maximum atomic E-state index is 12.2. The zero-order valence-electron chi connectivity index (χ0n) is 17.1. The van der Waals surface area contributed by atoms with Gasteiger partial charge in [0.05, 0.1) is 13.2 Å². The summed E-state index contributed by atoms with van der Waals surface area (Å²) in [6.07, 6.45) is -2.07. The Kier molecular flexibility index (Phi) is 4.98. The van der Waals surface area contributed by atoms with Gasteiger partial charge in [0.1, 0.15) is 17.8 Å². The largest absolute Gasteiger partial charge is 0.399 e. The molecule has 1 saturated heterocycles. The van der Waals surface area contributed by atoms with Gasteiger partial charge in [-0.15, -0.1) is 0 Å². The third-order valence-corrected chi connectivity index (χ3v) is 6.27. The number of hydrogen-bond acceptors (Lipinski definition) is 7. The first-order chi connectivity index (χ1) is 15.4. The number of nitrogen functional groups attached to an aromatic ring is 1. The number of nitrogens with zero attached hydrogens (tertiary/aromatic N) is 1. The van der Waals surface area contributed by atoms with Crippen LogP contribution in [0.3, 0.4) is 0 Å². The zero-order chi connectivity index (χ0) is 22.5. The minimum Gasteiger partial charge on any atom is -0.399 e. The number of H-pyrrole nitrogens is 1. The molecule has 3 heterocycles. The first-order valence-electron chi connectivity index (χ1n) is 10.3. The molecule has 0 saturated carbocycles. The van der Waals surface area contributed by atoms with Gasteiger partial charge in [0, 0.05) is 24.4 Å². The first-order valence-corrected chi connectivity index (χ1v) is 10.3. The Bertz CT molecular complexity index is 1280. The molecule has 1 fully saturated rings. The normalized spacial score (nSPS) is 27.2. The highest BCUT2D eigenvalue weighted by Crippen LogP contribution is 2.41. The van der Waals surface area contributed by atoms with Crippen molar-refractivity contribution in [3.63, 3.8) is 0 Å². The van der Waals surface area contributed by atoms with Gasteiger partial charge in [-0.3, -0.25) is 14.3 Å². The van der Waals surface area contributed by atoms with E-state index in [0.717, 1.165) is 26.8 Å². The van der Waals surface area contributed by atoms with Crippen molar-refractivity contribution < 1.29 is 19.7 Å². The molecule has 1 spiro atoms. The molecule has 166 valence electrons. The standard InChI is InChI=1S/C23H23N3O6/c24-17-3-1-2-13(9-17)14-4-5-15-10-23(32-11-16(15)8-14)18(27)12-31-21(20(23)29)26-7-6-19(28)25-22(26)30/h1-9,18,20-21,27,29H,10-12,24H2,(H,25,28,30)/t18-,20+,21-,23-/m1/s1. The number of nitrogens with one attached hydrogen (secondary N) is 1. The van der Waals surface area contributed by atoms with E-state index in [-0.39, 0.29) is 19.6 Å². The van der Waals surface area contributed by atoms with Crippen LogP contribution in [0.15, 0.2) is 64.3 Å². The summed E-state index contributed by atoms with van der Waals surface area (Å²) in [5.41, 5.74) is 7.80. The fraction of sp³-hybridized carbons (Fsp3) is 0.304. The summed E-state index contributed by atoms with van der Waals surface area (Å²) in [5.74, 6) is 0. The van der Waals surface area contributed by atoms with Crippen molar-refractivity contribution in [2.45, 2.75) is 37.1 Å². The van der Waals surface area contributed by atoms with Crippen LogP contribution in [0.2, 0.25) is 0 Å². The number of hydrogen-bond donors (Lipinski definition) is 4. The maximum absolute atomic E-state index is 12.2. The van der Waals surface area contributed by atoms with Crippen LogP contribution < -0.4 is 17.0 Å². The van der Waals surface area contributed by atoms with Gasteiger partial charge in [0.25, 0.3) is 5.56 Å². The van der Waals surface area contributed by atoms with Crippen molar-refractivity contribution in [2.75, 3.05) is 12.3 Å². The Labute approximate surface area is 182 Å². The van der Waals surface area contributed by atoms with Gasteiger partial charge in [0.2, 0.25) is 0 Å². The number of aliphatic hydroxyl groups excluding tert-OH is 2. The SMILES string of the molecule is Nc1cccc(-c2ccc3c(c2)CO[C@]2(C3)[C@H](O)CO[C@@H](n3ccc(=O)[nH]c3=O)[C@@H]2O)c1. The Hall–Kier alpha value is -3.24. The monoisotopic (exact) mass is 437 g/mol. The summed E-state index contributed by atoms with van der Waals surface area (Å²) in [6.45, 7) is 0.0385. The molecule has 2 aliphatic heterocycles. The van der Waals surface area contributed by atoms with E-state index in [2.05, 4.69) is 4.98 Å². The molecule has 5 rings (SSSR count). The molecule has 3 aromatic rings. The lowest BCUT2D eigenvalue weighted by atomic mass is 9.78. The van der Waals surface area contributed by atoms with Crippen LogP contribution in [0.25, 0.3) is 11.1 Å². The van der Waals surface area contributed by atoms with Gasteiger partial charge in [-0.05, 0) is 40.5 Å². The smallest absolute Gasteiger partial charge is 0.330 e. The molecule has 0 radical (unpaired) electrons. The molecule has 1 aromatic heterocycles. The Morgan fingerprint density at radius 3 is 2.66 bits per heavy atom. The molecule has 4 atom stereocenters. The topological polar surface area (TPSA) is 140 Å². The predicted molar refractivity (Wildman–Crippen MR) is 116 cm³/mol. The Balaban J connectivity index is 1.48. The molecule has 32 heavy (non-hydrogen) atoms. The highest BCUT2D eigenvalue weighted by Gasteiger charge is 2.55. The molecular formula is C23H23N3O6.